The number of halogens is 1. The fourth-order valence-corrected chi connectivity index (χ4v) is 1.84. The van der Waals surface area contributed by atoms with Crippen LogP contribution in [0.5, 0.6) is 0 Å². The van der Waals surface area contributed by atoms with E-state index in [1.165, 1.54) is 6.26 Å². The molecule has 8 heteroatoms. The van der Waals surface area contributed by atoms with Gasteiger partial charge in [-0.05, 0) is 38.8 Å². The number of nitrogens with zero attached hydrogens (tertiary/aromatic N) is 1. The van der Waals surface area contributed by atoms with E-state index < -0.39 is 0 Å². The van der Waals surface area contributed by atoms with Gasteiger partial charge in [0.2, 0.25) is 0 Å². The second-order valence-corrected chi connectivity index (χ2v) is 4.82. The largest absolute Gasteiger partial charge is 0.459 e. The summed E-state index contributed by atoms with van der Waals surface area (Å²) in [6, 6.07) is 3.32. The smallest absolute Gasteiger partial charge is 0.287 e. The molecule has 1 amide bonds. The lowest BCUT2D eigenvalue weighted by Gasteiger charge is -2.11. The Labute approximate surface area is 161 Å². The average Bonchev–Trinajstić information content (AvgIpc) is 3.09. The monoisotopic (exact) mass is 452 g/mol. The number of guanidine groups is 1. The molecule has 0 aromatic carbocycles. The standard InChI is InChI=1S/C16H28N4O3.HI/c1-3-17-16(19-9-5-6-12-22-4-2)20-11-10-18-15(21)14-8-7-13-23-14;/h7-8,13H,3-6,9-12H2,1-2H3,(H,18,21)(H2,17,19,20);1H. The van der Waals surface area contributed by atoms with Crippen molar-refractivity contribution in [2.45, 2.75) is 26.7 Å². The number of carbonyl (C=O) groups excluding carboxylic acids is 1. The summed E-state index contributed by atoms with van der Waals surface area (Å²) in [6.07, 6.45) is 3.48. The highest BCUT2D eigenvalue weighted by Crippen LogP contribution is 1.98. The fraction of sp³-hybridized carbons (Fsp3) is 0.625. The van der Waals surface area contributed by atoms with Gasteiger partial charge in [0.05, 0.1) is 6.26 Å². The van der Waals surface area contributed by atoms with E-state index in [0.717, 1.165) is 45.1 Å². The Kier molecular flexibility index (Phi) is 14.4. The van der Waals surface area contributed by atoms with Gasteiger partial charge in [0.1, 0.15) is 0 Å². The molecule has 0 bridgehead atoms. The zero-order valence-corrected chi connectivity index (χ0v) is 16.8. The first-order valence-corrected chi connectivity index (χ1v) is 8.19. The molecule has 0 saturated heterocycles. The molecule has 0 radical (unpaired) electrons. The molecule has 1 aromatic heterocycles. The predicted octanol–water partition coefficient (Wildman–Crippen LogP) is 2.00. The maximum absolute atomic E-state index is 11.7. The van der Waals surface area contributed by atoms with Gasteiger partial charge in [-0.3, -0.25) is 9.79 Å². The zero-order chi connectivity index (χ0) is 16.8. The van der Waals surface area contributed by atoms with E-state index in [0.29, 0.717) is 18.8 Å². The molecule has 1 aromatic rings. The topological polar surface area (TPSA) is 87.9 Å². The molecular weight excluding hydrogens is 423 g/mol. The quantitative estimate of drug-likeness (QED) is 0.207. The van der Waals surface area contributed by atoms with Crippen LogP contribution < -0.4 is 16.0 Å². The van der Waals surface area contributed by atoms with Crippen molar-refractivity contribution in [1.82, 2.24) is 16.0 Å². The van der Waals surface area contributed by atoms with Gasteiger partial charge in [0.25, 0.3) is 5.91 Å². The molecule has 0 aliphatic carbocycles. The summed E-state index contributed by atoms with van der Waals surface area (Å²) in [5.41, 5.74) is 0. The number of carbonyl (C=O) groups is 1. The van der Waals surface area contributed by atoms with E-state index >= 15 is 0 Å². The lowest BCUT2D eigenvalue weighted by atomic mass is 10.3. The number of ether oxygens (including phenoxy) is 1. The number of unbranched alkanes of at least 4 members (excludes halogenated alkanes) is 1. The fourth-order valence-electron chi connectivity index (χ4n) is 1.84. The summed E-state index contributed by atoms with van der Waals surface area (Å²) in [4.78, 5) is 16.2. The van der Waals surface area contributed by atoms with Crippen LogP contribution in [0.3, 0.4) is 0 Å². The summed E-state index contributed by atoms with van der Waals surface area (Å²) in [7, 11) is 0. The molecule has 0 saturated carbocycles. The van der Waals surface area contributed by atoms with Gasteiger partial charge in [0, 0.05) is 39.4 Å². The van der Waals surface area contributed by atoms with Crippen molar-refractivity contribution in [3.8, 4) is 0 Å². The third-order valence-electron chi connectivity index (χ3n) is 2.96. The number of aliphatic imine (C=N–C) groups is 1. The van der Waals surface area contributed by atoms with Crippen molar-refractivity contribution in [2.24, 2.45) is 4.99 Å². The zero-order valence-electron chi connectivity index (χ0n) is 14.5. The molecule has 0 spiro atoms. The van der Waals surface area contributed by atoms with Crippen LogP contribution >= 0.6 is 24.0 Å². The minimum atomic E-state index is -0.213. The van der Waals surface area contributed by atoms with E-state index in [1.54, 1.807) is 12.1 Å². The van der Waals surface area contributed by atoms with Crippen LogP contribution in [0.25, 0.3) is 0 Å². The Hall–Kier alpha value is -1.29. The van der Waals surface area contributed by atoms with Crippen LogP contribution in [-0.2, 0) is 4.74 Å². The number of rotatable bonds is 11. The molecule has 7 nitrogen and oxygen atoms in total. The Balaban J connectivity index is 0.00000529. The van der Waals surface area contributed by atoms with Crippen LogP contribution in [0.1, 0.15) is 37.2 Å². The Morgan fingerprint density at radius 1 is 1.21 bits per heavy atom. The van der Waals surface area contributed by atoms with Crippen LogP contribution in [-0.4, -0.2) is 51.3 Å². The molecular formula is C16H29IN4O3. The van der Waals surface area contributed by atoms with Crippen molar-refractivity contribution in [3.05, 3.63) is 24.2 Å². The van der Waals surface area contributed by atoms with Crippen molar-refractivity contribution >= 4 is 35.8 Å². The van der Waals surface area contributed by atoms with Crippen LogP contribution in [0.4, 0.5) is 0 Å². The summed E-state index contributed by atoms with van der Waals surface area (Å²) in [6.45, 7) is 8.20. The highest BCUT2D eigenvalue weighted by atomic mass is 127. The highest BCUT2D eigenvalue weighted by Gasteiger charge is 2.06. The van der Waals surface area contributed by atoms with E-state index in [-0.39, 0.29) is 29.9 Å². The lowest BCUT2D eigenvalue weighted by Crippen LogP contribution is -2.41. The van der Waals surface area contributed by atoms with Gasteiger partial charge in [-0.2, -0.15) is 0 Å². The second-order valence-electron chi connectivity index (χ2n) is 4.82. The number of hydrogen-bond donors (Lipinski definition) is 3. The van der Waals surface area contributed by atoms with Gasteiger partial charge >= 0.3 is 0 Å². The minimum absolute atomic E-state index is 0. The van der Waals surface area contributed by atoms with E-state index in [2.05, 4.69) is 20.9 Å². The first kappa shape index (κ1) is 22.7. The van der Waals surface area contributed by atoms with Gasteiger partial charge in [-0.25, -0.2) is 0 Å². The molecule has 0 aliphatic rings. The van der Waals surface area contributed by atoms with Crippen LogP contribution in [0.15, 0.2) is 27.8 Å². The lowest BCUT2D eigenvalue weighted by molar-refractivity contribution is 0.0926. The Morgan fingerprint density at radius 2 is 2.00 bits per heavy atom. The molecule has 0 aliphatic heterocycles. The minimum Gasteiger partial charge on any atom is -0.459 e. The van der Waals surface area contributed by atoms with Crippen LogP contribution in [0, 0.1) is 0 Å². The normalized spacial score (nSPS) is 10.8. The van der Waals surface area contributed by atoms with E-state index in [4.69, 9.17) is 9.15 Å². The summed E-state index contributed by atoms with van der Waals surface area (Å²) >= 11 is 0. The number of furan rings is 1. The first-order valence-electron chi connectivity index (χ1n) is 8.19. The summed E-state index contributed by atoms with van der Waals surface area (Å²) < 4.78 is 10.3. The summed E-state index contributed by atoms with van der Waals surface area (Å²) in [5, 5.41) is 9.14. The molecule has 1 rings (SSSR count). The SMILES string of the molecule is CCNC(=NCCCCOCC)NCCNC(=O)c1ccco1.I. The number of nitrogens with one attached hydrogen (secondary N) is 3. The molecule has 138 valence electrons. The average molecular weight is 452 g/mol. The van der Waals surface area contributed by atoms with E-state index in [9.17, 15) is 4.79 Å². The second kappa shape index (κ2) is 15.3. The molecule has 0 atom stereocenters. The first-order chi connectivity index (χ1) is 11.3. The summed E-state index contributed by atoms with van der Waals surface area (Å²) in [5.74, 6) is 0.866. The van der Waals surface area contributed by atoms with Gasteiger partial charge in [-0.15, -0.1) is 24.0 Å². The van der Waals surface area contributed by atoms with Crippen molar-refractivity contribution in [3.63, 3.8) is 0 Å². The Bertz CT molecular complexity index is 452. The van der Waals surface area contributed by atoms with Crippen molar-refractivity contribution in [1.29, 1.82) is 0 Å². The van der Waals surface area contributed by atoms with Crippen molar-refractivity contribution in [2.75, 3.05) is 39.4 Å². The van der Waals surface area contributed by atoms with Gasteiger partial charge < -0.3 is 25.1 Å². The van der Waals surface area contributed by atoms with Gasteiger partial charge in [-0.1, -0.05) is 0 Å². The molecule has 24 heavy (non-hydrogen) atoms. The molecule has 1 heterocycles. The third kappa shape index (κ3) is 10.5. The highest BCUT2D eigenvalue weighted by molar-refractivity contribution is 14.0. The molecule has 3 N–H and O–H groups in total. The Morgan fingerprint density at radius 3 is 2.67 bits per heavy atom. The third-order valence-corrected chi connectivity index (χ3v) is 2.96. The van der Waals surface area contributed by atoms with Crippen LogP contribution in [0.2, 0.25) is 0 Å². The van der Waals surface area contributed by atoms with E-state index in [1.807, 2.05) is 13.8 Å². The predicted molar refractivity (Wildman–Crippen MR) is 106 cm³/mol. The number of hydrogen-bond acceptors (Lipinski definition) is 4. The maximum atomic E-state index is 11.7. The number of amides is 1. The van der Waals surface area contributed by atoms with Gasteiger partial charge in [0.15, 0.2) is 11.7 Å². The molecule has 0 fully saturated rings. The van der Waals surface area contributed by atoms with Crippen molar-refractivity contribution < 1.29 is 13.9 Å². The maximum Gasteiger partial charge on any atom is 0.287 e. The molecule has 0 unspecified atom stereocenters.